The lowest BCUT2D eigenvalue weighted by molar-refractivity contribution is -0.149. The standard InChI is InChI=1S/C34H55N9O18/c1-18(2)28(38-31(57)20(3-4-22(44)45)36-30(56)19(35)13-23(46)47)33(59)37-21(14-24(48)49)32(58)39-29(34(60)61)43-11-9-41(16-26(52)53)7-5-40(15-25(50)51)6-8-42(10-12-43)17-27(54)55/h18-21,28-29H,3-17,35H2,1-2H3,(H,36,56)(H,37,59)(H,38,57)(H,39,58)(H,44,45)(H,46,47)(H,48,49)(H,50,51)(H,52,53)(H,54,55)(H,60,61)/t19-,20-,21-,28-,29?/m0/s1. The minimum absolute atomic E-state index is 0.0122. The van der Waals surface area contributed by atoms with E-state index in [0.29, 0.717) is 0 Å². The van der Waals surface area contributed by atoms with E-state index in [1.165, 1.54) is 28.5 Å². The Labute approximate surface area is 348 Å². The summed E-state index contributed by atoms with van der Waals surface area (Å²) in [6, 6.07) is -6.89. The molecule has 13 N–H and O–H groups in total. The number of carbonyl (C=O) groups excluding carboxylic acids is 4. The second kappa shape index (κ2) is 26.2. The van der Waals surface area contributed by atoms with Crippen molar-refractivity contribution in [1.29, 1.82) is 0 Å². The molecule has 5 atom stereocenters. The van der Waals surface area contributed by atoms with Crippen molar-refractivity contribution in [3.63, 3.8) is 0 Å². The second-order valence-corrected chi connectivity index (χ2v) is 14.4. The van der Waals surface area contributed by atoms with Gasteiger partial charge in [0.15, 0.2) is 6.17 Å². The number of hydrogen-bond donors (Lipinski definition) is 12. The van der Waals surface area contributed by atoms with Gasteiger partial charge < -0.3 is 62.7 Å². The van der Waals surface area contributed by atoms with Gasteiger partial charge in [0.2, 0.25) is 23.6 Å². The van der Waals surface area contributed by atoms with Crippen LogP contribution in [0.15, 0.2) is 0 Å². The van der Waals surface area contributed by atoms with E-state index in [2.05, 4.69) is 21.3 Å². The zero-order valence-electron chi connectivity index (χ0n) is 33.6. The van der Waals surface area contributed by atoms with E-state index in [1.807, 2.05) is 0 Å². The summed E-state index contributed by atoms with van der Waals surface area (Å²) in [6.07, 6.45) is -5.15. The first-order valence-electron chi connectivity index (χ1n) is 18.8. The third kappa shape index (κ3) is 21.2. The number of rotatable bonds is 24. The van der Waals surface area contributed by atoms with Crippen molar-refractivity contribution in [2.24, 2.45) is 11.7 Å². The molecule has 0 saturated carbocycles. The highest BCUT2D eigenvalue weighted by Crippen LogP contribution is 2.09. The lowest BCUT2D eigenvalue weighted by Crippen LogP contribution is -2.62. The van der Waals surface area contributed by atoms with Crippen molar-refractivity contribution in [2.75, 3.05) is 72.0 Å². The van der Waals surface area contributed by atoms with Crippen LogP contribution in [-0.4, -0.2) is 223 Å². The highest BCUT2D eigenvalue weighted by molar-refractivity contribution is 5.97. The Bertz CT molecular complexity index is 1580. The van der Waals surface area contributed by atoms with Gasteiger partial charge in [-0.3, -0.25) is 67.5 Å². The molecule has 0 spiro atoms. The molecule has 0 aromatic heterocycles. The third-order valence-corrected chi connectivity index (χ3v) is 9.10. The number of hydrogen-bond acceptors (Lipinski definition) is 16. The van der Waals surface area contributed by atoms with Crippen LogP contribution in [0.1, 0.15) is 39.5 Å². The Morgan fingerprint density at radius 2 is 0.902 bits per heavy atom. The zero-order chi connectivity index (χ0) is 46.6. The summed E-state index contributed by atoms with van der Waals surface area (Å²) in [5.41, 5.74) is 5.55. The van der Waals surface area contributed by atoms with Gasteiger partial charge in [-0.05, 0) is 12.3 Å². The quantitative estimate of drug-likeness (QED) is 0.0430. The van der Waals surface area contributed by atoms with Crippen molar-refractivity contribution in [2.45, 2.75) is 69.9 Å². The Kier molecular flexibility index (Phi) is 22.8. The first kappa shape index (κ1) is 53.0. The molecule has 1 saturated heterocycles. The summed E-state index contributed by atoms with van der Waals surface area (Å²) in [5, 5.41) is 75.2. The number of nitrogens with two attached hydrogens (primary N) is 1. The molecular formula is C34H55N9O18. The molecule has 0 aliphatic carbocycles. The van der Waals surface area contributed by atoms with Crippen molar-refractivity contribution >= 4 is 65.4 Å². The van der Waals surface area contributed by atoms with Gasteiger partial charge in [0.1, 0.15) is 18.1 Å². The third-order valence-electron chi connectivity index (χ3n) is 9.10. The van der Waals surface area contributed by atoms with Crippen molar-refractivity contribution in [3.8, 4) is 0 Å². The van der Waals surface area contributed by atoms with Crippen LogP contribution in [0, 0.1) is 5.92 Å². The molecule has 0 aromatic carbocycles. The van der Waals surface area contributed by atoms with Crippen molar-refractivity contribution in [1.82, 2.24) is 40.9 Å². The van der Waals surface area contributed by atoms with E-state index >= 15 is 0 Å². The first-order valence-corrected chi connectivity index (χ1v) is 18.8. The highest BCUT2D eigenvalue weighted by Gasteiger charge is 2.36. The van der Waals surface area contributed by atoms with Crippen LogP contribution in [0.5, 0.6) is 0 Å². The van der Waals surface area contributed by atoms with Crippen LogP contribution in [0.25, 0.3) is 0 Å². The number of nitrogens with zero attached hydrogens (tertiary/aromatic N) is 4. The normalized spacial score (nSPS) is 17.4. The van der Waals surface area contributed by atoms with Gasteiger partial charge in [0, 0.05) is 58.8 Å². The van der Waals surface area contributed by atoms with Gasteiger partial charge in [-0.15, -0.1) is 0 Å². The summed E-state index contributed by atoms with van der Waals surface area (Å²) in [5.74, 6) is -15.4. The molecule has 0 aromatic rings. The number of nitrogens with one attached hydrogen (secondary N) is 4. The number of carbonyl (C=O) groups is 11. The van der Waals surface area contributed by atoms with E-state index in [0.717, 1.165) is 4.90 Å². The largest absolute Gasteiger partial charge is 0.481 e. The van der Waals surface area contributed by atoms with Crippen LogP contribution >= 0.6 is 0 Å². The Morgan fingerprint density at radius 1 is 0.492 bits per heavy atom. The molecule has 0 radical (unpaired) electrons. The van der Waals surface area contributed by atoms with Gasteiger partial charge in [0.05, 0.1) is 38.5 Å². The van der Waals surface area contributed by atoms with Crippen molar-refractivity contribution in [3.05, 3.63) is 0 Å². The Hall–Kier alpha value is -6.03. The molecular weight excluding hydrogens is 822 g/mol. The number of carboxylic acids is 7. The van der Waals surface area contributed by atoms with E-state index < -0.39 is 147 Å². The molecule has 0 bridgehead atoms. The zero-order valence-corrected chi connectivity index (χ0v) is 33.6. The molecule has 1 aliphatic rings. The molecule has 344 valence electrons. The van der Waals surface area contributed by atoms with Gasteiger partial charge in [0.25, 0.3) is 0 Å². The average Bonchev–Trinajstić information content (AvgIpc) is 3.12. The topological polar surface area (TPSA) is 416 Å². The average molecular weight is 878 g/mol. The minimum Gasteiger partial charge on any atom is -0.481 e. The van der Waals surface area contributed by atoms with Crippen LogP contribution < -0.4 is 27.0 Å². The maximum absolute atomic E-state index is 13.7. The molecule has 4 amide bonds. The molecule has 27 heteroatoms. The molecule has 1 heterocycles. The van der Waals surface area contributed by atoms with E-state index in [1.54, 1.807) is 0 Å². The number of carboxylic acid groups (broad SMARTS) is 7. The van der Waals surface area contributed by atoms with E-state index in [-0.39, 0.29) is 52.4 Å². The maximum Gasteiger partial charge on any atom is 0.341 e. The number of amides is 4. The smallest absolute Gasteiger partial charge is 0.341 e. The molecule has 1 fully saturated rings. The fourth-order valence-electron chi connectivity index (χ4n) is 5.93. The lowest BCUT2D eigenvalue weighted by atomic mass is 10.0. The monoisotopic (exact) mass is 877 g/mol. The molecule has 1 unspecified atom stereocenters. The Balaban J connectivity index is 3.43. The lowest BCUT2D eigenvalue weighted by Gasteiger charge is -2.35. The predicted molar refractivity (Wildman–Crippen MR) is 203 cm³/mol. The summed E-state index contributed by atoms with van der Waals surface area (Å²) < 4.78 is 0. The van der Waals surface area contributed by atoms with Gasteiger partial charge >= 0.3 is 41.8 Å². The first-order chi connectivity index (χ1) is 28.4. The fourth-order valence-corrected chi connectivity index (χ4v) is 5.93. The van der Waals surface area contributed by atoms with Crippen LogP contribution in [0.3, 0.4) is 0 Å². The van der Waals surface area contributed by atoms with Gasteiger partial charge in [-0.2, -0.15) is 0 Å². The summed E-state index contributed by atoms with van der Waals surface area (Å²) in [7, 11) is 0. The van der Waals surface area contributed by atoms with Crippen molar-refractivity contribution < 1.29 is 88.5 Å². The van der Waals surface area contributed by atoms with E-state index in [9.17, 15) is 78.3 Å². The second-order valence-electron chi connectivity index (χ2n) is 14.4. The SMILES string of the molecule is CC(C)[C@H](NC(=O)[C@H](CCC(=O)O)NC(=O)[C@@H](N)CC(=O)O)C(=O)N[C@@H](CC(=O)O)C(=O)NC(C(=O)O)N1CCN(CC(=O)O)CCN(CC(=O)O)CCN(CC(=O)O)CC1. The molecule has 61 heavy (non-hydrogen) atoms. The van der Waals surface area contributed by atoms with Crippen LogP contribution in [-0.2, 0) is 52.7 Å². The summed E-state index contributed by atoms with van der Waals surface area (Å²) in [4.78, 5) is 140. The minimum atomic E-state index is -2.00. The summed E-state index contributed by atoms with van der Waals surface area (Å²) >= 11 is 0. The maximum atomic E-state index is 13.7. The van der Waals surface area contributed by atoms with Gasteiger partial charge in [-0.25, -0.2) is 4.79 Å². The van der Waals surface area contributed by atoms with Crippen LogP contribution in [0.4, 0.5) is 0 Å². The van der Waals surface area contributed by atoms with Crippen LogP contribution in [0.2, 0.25) is 0 Å². The van der Waals surface area contributed by atoms with E-state index in [4.69, 9.17) is 15.9 Å². The summed E-state index contributed by atoms with van der Waals surface area (Å²) in [6.45, 7) is 0.500. The Morgan fingerprint density at radius 3 is 1.28 bits per heavy atom. The number of aliphatic carboxylic acids is 7. The van der Waals surface area contributed by atoms with Gasteiger partial charge in [-0.1, -0.05) is 13.8 Å². The molecule has 1 aliphatic heterocycles. The highest BCUT2D eigenvalue weighted by atomic mass is 16.4. The predicted octanol–water partition coefficient (Wildman–Crippen LogP) is -5.76. The molecule has 1 rings (SSSR count). The molecule has 27 nitrogen and oxygen atoms in total. The fraction of sp³-hybridized carbons (Fsp3) is 0.676.